The van der Waals surface area contributed by atoms with Gasteiger partial charge in [0.15, 0.2) is 0 Å². The molecule has 6 heteroatoms. The molecule has 0 aromatic carbocycles. The van der Waals surface area contributed by atoms with Crippen LogP contribution in [0.5, 0.6) is 0 Å². The summed E-state index contributed by atoms with van der Waals surface area (Å²) in [5.41, 5.74) is 6.52. The van der Waals surface area contributed by atoms with Crippen LogP contribution in [0, 0.1) is 6.92 Å². The van der Waals surface area contributed by atoms with Crippen LogP contribution < -0.4 is 11.1 Å². The van der Waals surface area contributed by atoms with Crippen molar-refractivity contribution in [3.05, 3.63) is 17.6 Å². The maximum atomic E-state index is 11.5. The van der Waals surface area contributed by atoms with Gasteiger partial charge in [-0.2, -0.15) is 0 Å². The van der Waals surface area contributed by atoms with Crippen molar-refractivity contribution in [1.82, 2.24) is 20.2 Å². The second-order valence-electron chi connectivity index (χ2n) is 4.11. The number of anilines is 1. The minimum Gasteiger partial charge on any atom is -0.384 e. The van der Waals surface area contributed by atoms with E-state index in [9.17, 15) is 4.79 Å². The van der Waals surface area contributed by atoms with E-state index in [1.165, 1.54) is 0 Å². The zero-order valence-electron chi connectivity index (χ0n) is 11.2. The molecule has 0 radical (unpaired) electrons. The van der Waals surface area contributed by atoms with Crippen molar-refractivity contribution in [3.63, 3.8) is 0 Å². The summed E-state index contributed by atoms with van der Waals surface area (Å²) < 4.78 is 0. The maximum Gasteiger partial charge on any atom is 0.234 e. The first-order valence-corrected chi connectivity index (χ1v) is 6.14. The minimum absolute atomic E-state index is 0.0139. The van der Waals surface area contributed by atoms with Crippen LogP contribution in [0.3, 0.4) is 0 Å². The van der Waals surface area contributed by atoms with Gasteiger partial charge in [0.05, 0.1) is 13.1 Å². The molecule has 100 valence electrons. The van der Waals surface area contributed by atoms with Gasteiger partial charge in [0.1, 0.15) is 11.6 Å². The fourth-order valence-corrected chi connectivity index (χ4v) is 1.66. The Kier molecular flexibility index (Phi) is 5.51. The first kappa shape index (κ1) is 14.4. The fraction of sp³-hybridized carbons (Fsp3) is 0.583. The molecule has 0 unspecified atom stereocenters. The summed E-state index contributed by atoms with van der Waals surface area (Å²) in [6, 6.07) is 1.73. The van der Waals surface area contributed by atoms with Crippen molar-refractivity contribution in [2.75, 3.05) is 25.4 Å². The number of likely N-dealkylation sites (N-methyl/N-ethyl adjacent to an activating group) is 2. The number of aryl methyl sites for hydroxylation is 1. The number of rotatable bonds is 6. The predicted molar refractivity (Wildman–Crippen MR) is 70.8 cm³/mol. The van der Waals surface area contributed by atoms with Gasteiger partial charge in [0.25, 0.3) is 0 Å². The van der Waals surface area contributed by atoms with Crippen LogP contribution >= 0.6 is 0 Å². The molecule has 3 N–H and O–H groups in total. The Morgan fingerprint density at radius 2 is 2.17 bits per heavy atom. The van der Waals surface area contributed by atoms with Gasteiger partial charge >= 0.3 is 0 Å². The summed E-state index contributed by atoms with van der Waals surface area (Å²) in [4.78, 5) is 22.0. The minimum atomic E-state index is 0.0139. The zero-order valence-corrected chi connectivity index (χ0v) is 11.2. The second kappa shape index (κ2) is 6.90. The number of nitrogen functional groups attached to an aromatic ring is 1. The number of amides is 1. The van der Waals surface area contributed by atoms with Crippen molar-refractivity contribution >= 4 is 11.7 Å². The Morgan fingerprint density at radius 1 is 1.44 bits per heavy atom. The van der Waals surface area contributed by atoms with E-state index in [1.54, 1.807) is 6.07 Å². The van der Waals surface area contributed by atoms with E-state index in [1.807, 2.05) is 25.7 Å². The molecule has 0 saturated carbocycles. The molecule has 0 aliphatic heterocycles. The lowest BCUT2D eigenvalue weighted by molar-refractivity contribution is -0.122. The molecule has 1 rings (SSSR count). The van der Waals surface area contributed by atoms with Gasteiger partial charge in [0, 0.05) is 18.3 Å². The number of nitrogens with zero attached hydrogens (tertiary/aromatic N) is 3. The molecule has 0 fully saturated rings. The molecule has 0 bridgehead atoms. The molecule has 1 heterocycles. The van der Waals surface area contributed by atoms with Crippen LogP contribution in [-0.4, -0.2) is 40.4 Å². The average Bonchev–Trinajstić information content (AvgIpc) is 2.27. The number of nitrogens with one attached hydrogen (secondary N) is 1. The van der Waals surface area contributed by atoms with Crippen LogP contribution in [0.25, 0.3) is 0 Å². The second-order valence-corrected chi connectivity index (χ2v) is 4.11. The Bertz CT molecular complexity index is 387. The Labute approximate surface area is 108 Å². The molecule has 18 heavy (non-hydrogen) atoms. The predicted octanol–water partition coefficient (Wildman–Crippen LogP) is 0.325. The van der Waals surface area contributed by atoms with Crippen molar-refractivity contribution in [3.8, 4) is 0 Å². The van der Waals surface area contributed by atoms with Crippen molar-refractivity contribution in [1.29, 1.82) is 0 Å². The molecule has 0 atom stereocenters. The molecule has 0 aliphatic carbocycles. The molecule has 0 aliphatic rings. The molecule has 0 saturated heterocycles. The molecular weight excluding hydrogens is 230 g/mol. The summed E-state index contributed by atoms with van der Waals surface area (Å²) in [7, 11) is 0. The first-order valence-electron chi connectivity index (χ1n) is 6.14. The molecule has 1 aromatic heterocycles. The van der Waals surface area contributed by atoms with Gasteiger partial charge < -0.3 is 11.1 Å². The highest BCUT2D eigenvalue weighted by molar-refractivity contribution is 5.77. The number of hydrogen-bond donors (Lipinski definition) is 2. The summed E-state index contributed by atoms with van der Waals surface area (Å²) in [5, 5.41) is 2.77. The standard InChI is InChI=1S/C12H21N5O/c1-4-14-12(18)8-17(5-2)7-11-15-9(3)6-10(13)16-11/h6H,4-5,7-8H2,1-3H3,(H,14,18)(H2,13,15,16). The van der Waals surface area contributed by atoms with Gasteiger partial charge in [-0.1, -0.05) is 6.92 Å². The van der Waals surface area contributed by atoms with E-state index in [-0.39, 0.29) is 5.91 Å². The molecule has 0 spiro atoms. The lowest BCUT2D eigenvalue weighted by Crippen LogP contribution is -2.37. The normalized spacial score (nSPS) is 10.7. The van der Waals surface area contributed by atoms with Crippen LogP contribution in [0.1, 0.15) is 25.4 Å². The van der Waals surface area contributed by atoms with Gasteiger partial charge in [-0.15, -0.1) is 0 Å². The maximum absolute atomic E-state index is 11.5. The van der Waals surface area contributed by atoms with E-state index >= 15 is 0 Å². The number of hydrogen-bond acceptors (Lipinski definition) is 5. The van der Waals surface area contributed by atoms with E-state index < -0.39 is 0 Å². The molecule has 1 aromatic rings. The summed E-state index contributed by atoms with van der Waals surface area (Å²) >= 11 is 0. The van der Waals surface area contributed by atoms with Crippen LogP contribution in [0.2, 0.25) is 0 Å². The lowest BCUT2D eigenvalue weighted by atomic mass is 10.3. The first-order chi connectivity index (χ1) is 8.55. The third-order valence-electron chi connectivity index (χ3n) is 2.47. The topological polar surface area (TPSA) is 84.1 Å². The van der Waals surface area contributed by atoms with E-state index in [4.69, 9.17) is 5.73 Å². The van der Waals surface area contributed by atoms with Gasteiger partial charge in [-0.25, -0.2) is 9.97 Å². The monoisotopic (exact) mass is 251 g/mol. The van der Waals surface area contributed by atoms with Crippen LogP contribution in [-0.2, 0) is 11.3 Å². The van der Waals surface area contributed by atoms with Crippen LogP contribution in [0.15, 0.2) is 6.07 Å². The highest BCUT2D eigenvalue weighted by Gasteiger charge is 2.11. The lowest BCUT2D eigenvalue weighted by Gasteiger charge is -2.18. The van der Waals surface area contributed by atoms with Gasteiger partial charge in [-0.3, -0.25) is 9.69 Å². The number of carbonyl (C=O) groups excluding carboxylic acids is 1. The number of carbonyl (C=O) groups is 1. The SMILES string of the molecule is CCNC(=O)CN(CC)Cc1nc(C)cc(N)n1. The van der Waals surface area contributed by atoms with Gasteiger partial charge in [-0.05, 0) is 20.4 Å². The van der Waals surface area contributed by atoms with E-state index in [0.717, 1.165) is 12.2 Å². The Balaban J connectivity index is 2.64. The number of aromatic nitrogens is 2. The smallest absolute Gasteiger partial charge is 0.234 e. The number of nitrogens with two attached hydrogens (primary N) is 1. The average molecular weight is 251 g/mol. The van der Waals surface area contributed by atoms with Crippen molar-refractivity contribution < 1.29 is 4.79 Å². The van der Waals surface area contributed by atoms with E-state index in [2.05, 4.69) is 15.3 Å². The van der Waals surface area contributed by atoms with Gasteiger partial charge in [0.2, 0.25) is 5.91 Å². The Morgan fingerprint density at radius 3 is 2.72 bits per heavy atom. The molecule has 6 nitrogen and oxygen atoms in total. The Hall–Kier alpha value is -1.69. The largest absolute Gasteiger partial charge is 0.384 e. The van der Waals surface area contributed by atoms with E-state index in [0.29, 0.717) is 31.3 Å². The third kappa shape index (κ3) is 4.67. The molecular formula is C12H21N5O. The fourth-order valence-electron chi connectivity index (χ4n) is 1.66. The third-order valence-corrected chi connectivity index (χ3v) is 2.47. The highest BCUT2D eigenvalue weighted by atomic mass is 16.2. The zero-order chi connectivity index (χ0) is 13.5. The van der Waals surface area contributed by atoms with Crippen molar-refractivity contribution in [2.24, 2.45) is 0 Å². The highest BCUT2D eigenvalue weighted by Crippen LogP contribution is 2.04. The summed E-state index contributed by atoms with van der Waals surface area (Å²) in [6.45, 7) is 8.05. The summed E-state index contributed by atoms with van der Waals surface area (Å²) in [5.74, 6) is 1.13. The van der Waals surface area contributed by atoms with Crippen LogP contribution in [0.4, 0.5) is 5.82 Å². The van der Waals surface area contributed by atoms with Crippen molar-refractivity contribution in [2.45, 2.75) is 27.3 Å². The molecule has 1 amide bonds. The quantitative estimate of drug-likeness (QED) is 0.761. The summed E-state index contributed by atoms with van der Waals surface area (Å²) in [6.07, 6.45) is 0.